The predicted molar refractivity (Wildman–Crippen MR) is 152 cm³/mol. The summed E-state index contributed by atoms with van der Waals surface area (Å²) in [6, 6.07) is 20.9. The monoisotopic (exact) mass is 559 g/mol. The van der Waals surface area contributed by atoms with E-state index in [1.807, 2.05) is 6.07 Å². The zero-order chi connectivity index (χ0) is 27.6. The number of amides is 3. The maximum Gasteiger partial charge on any atom is 0.272 e. The van der Waals surface area contributed by atoms with Gasteiger partial charge in [-0.25, -0.2) is 4.98 Å². The Kier molecular flexibility index (Phi) is 9.16. The first kappa shape index (κ1) is 27.2. The first-order valence-electron chi connectivity index (χ1n) is 11.4. The molecule has 3 amide bonds. The molecule has 3 N–H and O–H groups in total. The second-order valence-electron chi connectivity index (χ2n) is 7.88. The van der Waals surface area contributed by atoms with Gasteiger partial charge in [0.05, 0.1) is 10.7 Å². The molecule has 0 radical (unpaired) electrons. The van der Waals surface area contributed by atoms with E-state index in [0.717, 1.165) is 4.90 Å². The van der Waals surface area contributed by atoms with Gasteiger partial charge in [-0.1, -0.05) is 24.3 Å². The molecule has 0 saturated heterocycles. The van der Waals surface area contributed by atoms with Gasteiger partial charge in [0.25, 0.3) is 17.5 Å². The number of nitro groups is 1. The zero-order valence-corrected chi connectivity index (χ0v) is 21.8. The molecule has 0 aliphatic rings. The first-order valence-corrected chi connectivity index (χ1v) is 13.3. The maximum atomic E-state index is 13.2. The van der Waals surface area contributed by atoms with Crippen LogP contribution in [0.15, 0.2) is 101 Å². The molecule has 0 fully saturated rings. The van der Waals surface area contributed by atoms with Crippen LogP contribution in [0, 0.1) is 10.1 Å². The minimum absolute atomic E-state index is 0.0569. The molecule has 1 heterocycles. The molecular formula is C27H21N5O5S2. The van der Waals surface area contributed by atoms with Gasteiger partial charge in [0, 0.05) is 39.9 Å². The van der Waals surface area contributed by atoms with Crippen LogP contribution in [0.4, 0.5) is 16.5 Å². The van der Waals surface area contributed by atoms with Gasteiger partial charge in [0.1, 0.15) is 5.70 Å². The zero-order valence-electron chi connectivity index (χ0n) is 20.2. The van der Waals surface area contributed by atoms with E-state index in [-0.39, 0.29) is 23.0 Å². The number of thiazole rings is 1. The molecule has 0 atom stereocenters. The van der Waals surface area contributed by atoms with Crippen LogP contribution in [0.3, 0.4) is 0 Å². The lowest BCUT2D eigenvalue weighted by atomic mass is 10.1. The highest BCUT2D eigenvalue weighted by atomic mass is 32.2. The van der Waals surface area contributed by atoms with Crippen molar-refractivity contribution in [1.82, 2.24) is 10.3 Å². The SMILES string of the molecule is O=C(CSc1cccc(NC(=O)/C(=C\c2ccc([N+](=O)[O-])cc2)NC(=O)c2ccccc2)c1)Nc1nccs1. The Morgan fingerprint density at radius 2 is 1.74 bits per heavy atom. The van der Waals surface area contributed by atoms with Crippen LogP contribution in [0.5, 0.6) is 0 Å². The van der Waals surface area contributed by atoms with Crippen molar-refractivity contribution in [1.29, 1.82) is 0 Å². The van der Waals surface area contributed by atoms with Crippen LogP contribution in [0.1, 0.15) is 15.9 Å². The molecule has 3 aromatic carbocycles. The van der Waals surface area contributed by atoms with E-state index in [1.165, 1.54) is 53.4 Å². The van der Waals surface area contributed by atoms with Crippen LogP contribution >= 0.6 is 23.1 Å². The van der Waals surface area contributed by atoms with Gasteiger partial charge in [-0.3, -0.25) is 24.5 Å². The molecule has 4 aromatic rings. The molecule has 12 heteroatoms. The number of benzene rings is 3. The van der Waals surface area contributed by atoms with Crippen LogP contribution in [-0.4, -0.2) is 33.4 Å². The molecular weight excluding hydrogens is 538 g/mol. The number of anilines is 2. The van der Waals surface area contributed by atoms with Crippen molar-refractivity contribution in [2.45, 2.75) is 4.90 Å². The van der Waals surface area contributed by atoms with Gasteiger partial charge in [0.15, 0.2) is 5.13 Å². The second kappa shape index (κ2) is 13.1. The Balaban J connectivity index is 1.48. The Bertz CT molecular complexity index is 1510. The van der Waals surface area contributed by atoms with E-state index in [4.69, 9.17) is 0 Å². The number of hydrogen-bond acceptors (Lipinski definition) is 8. The molecule has 196 valence electrons. The number of thioether (sulfide) groups is 1. The topological polar surface area (TPSA) is 143 Å². The molecule has 39 heavy (non-hydrogen) atoms. The Morgan fingerprint density at radius 1 is 0.974 bits per heavy atom. The summed E-state index contributed by atoms with van der Waals surface area (Å²) in [5, 5.41) is 21.4. The lowest BCUT2D eigenvalue weighted by Gasteiger charge is -2.12. The van der Waals surface area contributed by atoms with E-state index >= 15 is 0 Å². The molecule has 0 saturated carbocycles. The standard InChI is InChI=1S/C27H21N5O5S2/c33-24(31-27-28-13-14-38-27)17-39-22-8-4-7-20(16-22)29-26(35)23(30-25(34)19-5-2-1-3-6-19)15-18-9-11-21(12-10-18)32(36)37/h1-16H,17H2,(H,29,35)(H,30,34)(H,28,31,33)/b23-15+. The fraction of sp³-hybridized carbons (Fsp3) is 0.0370. The third-order valence-corrected chi connectivity index (χ3v) is 6.77. The van der Waals surface area contributed by atoms with E-state index in [9.17, 15) is 24.5 Å². The van der Waals surface area contributed by atoms with E-state index in [1.54, 1.807) is 60.1 Å². The minimum Gasteiger partial charge on any atom is -0.321 e. The number of non-ortho nitro benzene ring substituents is 1. The summed E-state index contributed by atoms with van der Waals surface area (Å²) < 4.78 is 0. The lowest BCUT2D eigenvalue weighted by molar-refractivity contribution is -0.384. The number of aromatic nitrogens is 1. The van der Waals surface area contributed by atoms with Gasteiger partial charge in [-0.2, -0.15) is 0 Å². The van der Waals surface area contributed by atoms with Crippen molar-refractivity contribution in [3.63, 3.8) is 0 Å². The van der Waals surface area contributed by atoms with Crippen molar-refractivity contribution in [2.75, 3.05) is 16.4 Å². The molecule has 0 bridgehead atoms. The Labute approximate surface area is 231 Å². The van der Waals surface area contributed by atoms with E-state index in [0.29, 0.717) is 21.9 Å². The number of nitro benzene ring substituents is 1. The summed E-state index contributed by atoms with van der Waals surface area (Å²) in [7, 11) is 0. The van der Waals surface area contributed by atoms with Crippen LogP contribution < -0.4 is 16.0 Å². The van der Waals surface area contributed by atoms with Gasteiger partial charge < -0.3 is 16.0 Å². The van der Waals surface area contributed by atoms with Crippen molar-refractivity contribution in [3.05, 3.63) is 117 Å². The highest BCUT2D eigenvalue weighted by Gasteiger charge is 2.16. The average Bonchev–Trinajstić information content (AvgIpc) is 3.45. The fourth-order valence-electron chi connectivity index (χ4n) is 3.25. The van der Waals surface area contributed by atoms with Gasteiger partial charge in [0.2, 0.25) is 5.91 Å². The summed E-state index contributed by atoms with van der Waals surface area (Å²) >= 11 is 2.61. The normalized spacial score (nSPS) is 10.9. The van der Waals surface area contributed by atoms with Crippen LogP contribution in [0.2, 0.25) is 0 Å². The second-order valence-corrected chi connectivity index (χ2v) is 9.83. The third-order valence-electron chi connectivity index (χ3n) is 5.08. The van der Waals surface area contributed by atoms with Crippen molar-refractivity contribution in [3.8, 4) is 0 Å². The van der Waals surface area contributed by atoms with Crippen molar-refractivity contribution in [2.24, 2.45) is 0 Å². The summed E-state index contributed by atoms with van der Waals surface area (Å²) in [6.07, 6.45) is 3.04. The highest BCUT2D eigenvalue weighted by molar-refractivity contribution is 8.00. The number of hydrogen-bond donors (Lipinski definition) is 3. The van der Waals surface area contributed by atoms with Crippen molar-refractivity contribution < 1.29 is 19.3 Å². The smallest absolute Gasteiger partial charge is 0.272 e. The van der Waals surface area contributed by atoms with Crippen LogP contribution in [-0.2, 0) is 9.59 Å². The number of nitrogens with one attached hydrogen (secondary N) is 3. The molecule has 0 unspecified atom stereocenters. The predicted octanol–water partition coefficient (Wildman–Crippen LogP) is 5.19. The van der Waals surface area contributed by atoms with Crippen molar-refractivity contribution >= 4 is 63.4 Å². The molecule has 0 aliphatic heterocycles. The highest BCUT2D eigenvalue weighted by Crippen LogP contribution is 2.23. The first-order chi connectivity index (χ1) is 18.9. The number of carbonyl (C=O) groups excluding carboxylic acids is 3. The van der Waals surface area contributed by atoms with Gasteiger partial charge >= 0.3 is 0 Å². The molecule has 10 nitrogen and oxygen atoms in total. The lowest BCUT2D eigenvalue weighted by Crippen LogP contribution is -2.30. The van der Waals surface area contributed by atoms with Gasteiger partial charge in [-0.15, -0.1) is 23.1 Å². The van der Waals surface area contributed by atoms with Crippen LogP contribution in [0.25, 0.3) is 6.08 Å². The number of nitrogens with zero attached hydrogens (tertiary/aromatic N) is 2. The summed E-state index contributed by atoms with van der Waals surface area (Å²) in [5.74, 6) is -1.15. The summed E-state index contributed by atoms with van der Waals surface area (Å²) in [5.41, 5.74) is 1.14. The van der Waals surface area contributed by atoms with Gasteiger partial charge in [-0.05, 0) is 54.1 Å². The summed E-state index contributed by atoms with van der Waals surface area (Å²) in [6.45, 7) is 0. The fourth-order valence-corrected chi connectivity index (χ4v) is 4.55. The molecule has 0 aliphatic carbocycles. The Hall–Kier alpha value is -4.81. The minimum atomic E-state index is -0.596. The Morgan fingerprint density at radius 3 is 2.44 bits per heavy atom. The van der Waals surface area contributed by atoms with E-state index in [2.05, 4.69) is 20.9 Å². The van der Waals surface area contributed by atoms with E-state index < -0.39 is 16.7 Å². The molecule has 1 aromatic heterocycles. The molecule has 4 rings (SSSR count). The third kappa shape index (κ3) is 8.09. The quantitative estimate of drug-likeness (QED) is 0.105. The number of carbonyl (C=O) groups is 3. The average molecular weight is 560 g/mol. The largest absolute Gasteiger partial charge is 0.321 e. The molecule has 0 spiro atoms. The maximum absolute atomic E-state index is 13.2. The summed E-state index contributed by atoms with van der Waals surface area (Å²) in [4.78, 5) is 53.4. The number of rotatable bonds is 10.